The van der Waals surface area contributed by atoms with Gasteiger partial charge >= 0.3 is 0 Å². The quantitative estimate of drug-likeness (QED) is 0.758. The average Bonchev–Trinajstić information content (AvgIpc) is 3.07. The summed E-state index contributed by atoms with van der Waals surface area (Å²) in [5.41, 5.74) is 3.05. The second kappa shape index (κ2) is 5.97. The first kappa shape index (κ1) is 14.9. The van der Waals surface area contributed by atoms with E-state index in [4.69, 9.17) is 0 Å². The third-order valence-corrected chi connectivity index (χ3v) is 4.64. The van der Waals surface area contributed by atoms with Crippen LogP contribution in [0.5, 0.6) is 0 Å². The van der Waals surface area contributed by atoms with Crippen LogP contribution in [-0.4, -0.2) is 16.5 Å². The zero-order valence-corrected chi connectivity index (χ0v) is 13.9. The fraction of sp³-hybridized carbons (Fsp3) is 0.278. The molecule has 0 saturated carbocycles. The molecule has 0 aliphatic heterocycles. The van der Waals surface area contributed by atoms with Gasteiger partial charge in [-0.25, -0.2) is 0 Å². The van der Waals surface area contributed by atoms with E-state index in [2.05, 4.69) is 40.4 Å². The van der Waals surface area contributed by atoms with Crippen molar-refractivity contribution in [3.05, 3.63) is 59.1 Å². The summed E-state index contributed by atoms with van der Waals surface area (Å²) in [6.07, 6.45) is 0. The van der Waals surface area contributed by atoms with Crippen LogP contribution in [0.4, 0.5) is 0 Å². The van der Waals surface area contributed by atoms with E-state index in [0.29, 0.717) is 0 Å². The van der Waals surface area contributed by atoms with Gasteiger partial charge in [0.2, 0.25) is 0 Å². The van der Waals surface area contributed by atoms with Gasteiger partial charge in [0, 0.05) is 6.04 Å². The van der Waals surface area contributed by atoms with E-state index in [1.807, 2.05) is 38.1 Å². The largest absolute Gasteiger partial charge is 0.349 e. The first-order valence-corrected chi connectivity index (χ1v) is 8.40. The maximum Gasteiger partial charge on any atom is 0.268 e. The molecule has 3 aromatic rings. The highest BCUT2D eigenvalue weighted by atomic mass is 32.1. The fourth-order valence-electron chi connectivity index (χ4n) is 2.75. The minimum atomic E-state index is -0.0128. The molecule has 22 heavy (non-hydrogen) atoms. The number of hydrogen-bond donors (Lipinski definition) is 1. The van der Waals surface area contributed by atoms with Crippen LogP contribution in [0, 0.1) is 0 Å². The number of rotatable bonds is 4. The topological polar surface area (TPSA) is 34.0 Å². The number of amides is 1. The second-order valence-electron chi connectivity index (χ2n) is 5.78. The molecule has 0 fully saturated rings. The van der Waals surface area contributed by atoms with Crippen LogP contribution < -0.4 is 5.32 Å². The van der Waals surface area contributed by atoms with Gasteiger partial charge in [0.25, 0.3) is 5.91 Å². The predicted octanol–water partition coefficient (Wildman–Crippen LogP) is 4.45. The van der Waals surface area contributed by atoms with E-state index in [9.17, 15) is 4.79 Å². The highest BCUT2D eigenvalue weighted by Crippen LogP contribution is 2.31. The zero-order valence-electron chi connectivity index (χ0n) is 13.0. The molecule has 4 heteroatoms. The van der Waals surface area contributed by atoms with Crippen molar-refractivity contribution in [1.29, 1.82) is 0 Å². The lowest BCUT2D eigenvalue weighted by molar-refractivity contribution is 0.0933. The Morgan fingerprint density at radius 1 is 1.14 bits per heavy atom. The molecule has 1 amide bonds. The molecule has 0 saturated heterocycles. The molecule has 1 atom stereocenters. The van der Waals surface area contributed by atoms with E-state index < -0.39 is 0 Å². The molecule has 0 radical (unpaired) electrons. The summed E-state index contributed by atoms with van der Waals surface area (Å²) in [6.45, 7) is 6.10. The van der Waals surface area contributed by atoms with Crippen molar-refractivity contribution in [2.24, 2.45) is 0 Å². The average molecular weight is 312 g/mol. The maximum absolute atomic E-state index is 12.6. The number of aromatic nitrogens is 1. The number of carbonyl (C=O) groups excluding carboxylic acids is 1. The summed E-state index contributed by atoms with van der Waals surface area (Å²) < 4.78 is 3.29. The second-order valence-corrected chi connectivity index (χ2v) is 6.73. The molecule has 0 unspecified atom stereocenters. The SMILES string of the molecule is CC(C)NC(=O)c1cc2sccc2n1[C@H](C)c1ccccc1. The standard InChI is InChI=1S/C18H20N2OS/c1-12(2)19-18(21)16-11-17-15(9-10-22-17)20(16)13(3)14-7-5-4-6-8-14/h4-13H,1-3H3,(H,19,21)/t13-/m1/s1. The van der Waals surface area contributed by atoms with E-state index in [1.54, 1.807) is 11.3 Å². The van der Waals surface area contributed by atoms with Gasteiger partial charge in [-0.05, 0) is 43.8 Å². The van der Waals surface area contributed by atoms with Crippen molar-refractivity contribution in [3.63, 3.8) is 0 Å². The van der Waals surface area contributed by atoms with Crippen molar-refractivity contribution in [3.8, 4) is 0 Å². The lowest BCUT2D eigenvalue weighted by Gasteiger charge is -2.19. The summed E-state index contributed by atoms with van der Waals surface area (Å²) in [5, 5.41) is 5.07. The first-order valence-electron chi connectivity index (χ1n) is 7.52. The van der Waals surface area contributed by atoms with Gasteiger partial charge < -0.3 is 9.88 Å². The number of fused-ring (bicyclic) bond motifs is 1. The molecule has 3 nitrogen and oxygen atoms in total. The Morgan fingerprint density at radius 3 is 2.55 bits per heavy atom. The zero-order chi connectivity index (χ0) is 15.7. The monoisotopic (exact) mass is 312 g/mol. The Labute approximate surface area is 134 Å². The van der Waals surface area contributed by atoms with Gasteiger partial charge in [-0.1, -0.05) is 30.3 Å². The minimum Gasteiger partial charge on any atom is -0.349 e. The summed E-state index contributed by atoms with van der Waals surface area (Å²) in [5.74, 6) is -0.0128. The highest BCUT2D eigenvalue weighted by molar-refractivity contribution is 7.17. The molecule has 0 aliphatic rings. The third kappa shape index (κ3) is 2.66. The Balaban J connectivity index is 2.10. The van der Waals surface area contributed by atoms with E-state index in [-0.39, 0.29) is 18.0 Å². The van der Waals surface area contributed by atoms with Gasteiger partial charge in [0.15, 0.2) is 0 Å². The molecular weight excluding hydrogens is 292 g/mol. The van der Waals surface area contributed by atoms with Crippen molar-refractivity contribution in [1.82, 2.24) is 9.88 Å². The van der Waals surface area contributed by atoms with Crippen molar-refractivity contribution in [2.75, 3.05) is 0 Å². The molecule has 114 valence electrons. The molecular formula is C18H20N2OS. The molecule has 0 aliphatic carbocycles. The number of nitrogens with one attached hydrogen (secondary N) is 1. The van der Waals surface area contributed by atoms with Crippen LogP contribution >= 0.6 is 11.3 Å². The van der Waals surface area contributed by atoms with E-state index in [0.717, 1.165) is 15.9 Å². The molecule has 1 N–H and O–H groups in total. The number of carbonyl (C=O) groups is 1. The first-order chi connectivity index (χ1) is 10.6. The van der Waals surface area contributed by atoms with E-state index in [1.165, 1.54) is 5.56 Å². The smallest absolute Gasteiger partial charge is 0.268 e. The number of nitrogens with zero attached hydrogens (tertiary/aromatic N) is 1. The summed E-state index contributed by atoms with van der Waals surface area (Å²) in [4.78, 5) is 12.6. The van der Waals surface area contributed by atoms with Gasteiger partial charge in [-0.3, -0.25) is 4.79 Å². The maximum atomic E-state index is 12.6. The van der Waals surface area contributed by atoms with Crippen molar-refractivity contribution >= 4 is 27.5 Å². The Kier molecular flexibility index (Phi) is 4.03. The van der Waals surface area contributed by atoms with Crippen molar-refractivity contribution in [2.45, 2.75) is 32.9 Å². The molecule has 2 aromatic heterocycles. The van der Waals surface area contributed by atoms with Gasteiger partial charge in [-0.15, -0.1) is 11.3 Å². The molecule has 0 bridgehead atoms. The lowest BCUT2D eigenvalue weighted by Crippen LogP contribution is -2.32. The van der Waals surface area contributed by atoms with Crippen LogP contribution in [-0.2, 0) is 0 Å². The predicted molar refractivity (Wildman–Crippen MR) is 92.7 cm³/mol. The summed E-state index contributed by atoms with van der Waals surface area (Å²) in [6, 6.07) is 14.6. The molecule has 2 heterocycles. The lowest BCUT2D eigenvalue weighted by atomic mass is 10.1. The van der Waals surface area contributed by atoms with Crippen molar-refractivity contribution < 1.29 is 4.79 Å². The summed E-state index contributed by atoms with van der Waals surface area (Å²) in [7, 11) is 0. The number of hydrogen-bond acceptors (Lipinski definition) is 2. The van der Waals surface area contributed by atoms with Gasteiger partial charge in [-0.2, -0.15) is 0 Å². The van der Waals surface area contributed by atoms with Gasteiger partial charge in [0.1, 0.15) is 5.69 Å². The molecule has 3 rings (SSSR count). The Morgan fingerprint density at radius 2 is 1.86 bits per heavy atom. The third-order valence-electron chi connectivity index (χ3n) is 3.78. The highest BCUT2D eigenvalue weighted by Gasteiger charge is 2.21. The minimum absolute atomic E-state index is 0.0128. The number of benzene rings is 1. The van der Waals surface area contributed by atoms with Crippen LogP contribution in [0.2, 0.25) is 0 Å². The Hall–Kier alpha value is -2.07. The van der Waals surface area contributed by atoms with Crippen LogP contribution in [0.25, 0.3) is 10.2 Å². The number of thiophene rings is 1. The fourth-order valence-corrected chi connectivity index (χ4v) is 3.56. The van der Waals surface area contributed by atoms with Gasteiger partial charge in [0.05, 0.1) is 16.3 Å². The molecule has 0 spiro atoms. The normalized spacial score (nSPS) is 12.7. The van der Waals surface area contributed by atoms with Crippen LogP contribution in [0.1, 0.15) is 42.9 Å². The Bertz CT molecular complexity index is 786. The van der Waals surface area contributed by atoms with E-state index >= 15 is 0 Å². The molecule has 1 aromatic carbocycles. The summed E-state index contributed by atoms with van der Waals surface area (Å²) >= 11 is 1.67. The van der Waals surface area contributed by atoms with Crippen LogP contribution in [0.15, 0.2) is 47.8 Å². The van der Waals surface area contributed by atoms with Crippen LogP contribution in [0.3, 0.4) is 0 Å².